The second kappa shape index (κ2) is 25.8. The molecule has 92 heavy (non-hydrogen) atoms. The second-order valence-corrected chi connectivity index (χ2v) is 23.2. The van der Waals surface area contributed by atoms with E-state index in [0.717, 1.165) is 48.5 Å². The lowest BCUT2D eigenvalue weighted by molar-refractivity contribution is -0.137. The highest BCUT2D eigenvalue weighted by Gasteiger charge is 2.42. The summed E-state index contributed by atoms with van der Waals surface area (Å²) in [7, 11) is 5.11. The Labute approximate surface area is 533 Å². The highest BCUT2D eigenvalue weighted by molar-refractivity contribution is 6.33. The van der Waals surface area contributed by atoms with E-state index in [2.05, 4.69) is 42.5 Å². The fourth-order valence-electron chi connectivity index (χ4n) is 11.2. The van der Waals surface area contributed by atoms with Gasteiger partial charge in [-0.25, -0.2) is 0 Å². The van der Waals surface area contributed by atoms with Gasteiger partial charge in [0.05, 0.1) is 10.0 Å². The summed E-state index contributed by atoms with van der Waals surface area (Å²) in [5.74, 6) is -13.0. The SMILES string of the molecule is CN[C@H]1C(=O)N[C@@H]2Cc3ccc(cc3)Oc3cc4cc(c3O)Oc3ccc(cc3Cl)[C@@H](O)[C@@H]3NC(=O)[C@H](NC(=O)[C@@H]4NC(=O)[C@@H](NC2=O)c2cc(cc(O)c2Cl)Oc2cc1ccc2O)c1ccc(O)c(c1)-c1c(O)cc(O)cc1[C@@H](C(=O)NCCCN(C)C)NC3=O. The van der Waals surface area contributed by atoms with Gasteiger partial charge in [-0.2, -0.15) is 0 Å². The van der Waals surface area contributed by atoms with E-state index in [4.69, 9.17) is 37.4 Å². The third-order valence-electron chi connectivity index (χ3n) is 15.8. The molecule has 6 aliphatic heterocycles. The number of rotatable bonds is 6. The first-order chi connectivity index (χ1) is 43.9. The van der Waals surface area contributed by atoms with Crippen LogP contribution in [0.4, 0.5) is 0 Å². The summed E-state index contributed by atoms with van der Waals surface area (Å²) in [6, 6.07) is 10.6. The molecular formula is C64H59Cl2N9O17. The van der Waals surface area contributed by atoms with Crippen LogP contribution >= 0.6 is 23.2 Å². The van der Waals surface area contributed by atoms with Crippen molar-refractivity contribution >= 4 is 64.6 Å². The molecule has 0 aliphatic carbocycles. The third-order valence-corrected chi connectivity index (χ3v) is 16.5. The summed E-state index contributed by atoms with van der Waals surface area (Å²) in [4.78, 5) is 108. The van der Waals surface area contributed by atoms with Crippen LogP contribution in [0, 0.1) is 0 Å². The maximum absolute atomic E-state index is 15.9. The van der Waals surface area contributed by atoms with E-state index in [0.29, 0.717) is 18.5 Å². The number of carbonyl (C=O) groups is 7. The lowest BCUT2D eigenvalue weighted by atomic mass is 9.89. The van der Waals surface area contributed by atoms with E-state index in [1.807, 2.05) is 19.0 Å². The molecule has 0 saturated carbocycles. The van der Waals surface area contributed by atoms with Crippen molar-refractivity contribution in [1.29, 1.82) is 0 Å². The number of ether oxygens (including phenoxy) is 3. The number of likely N-dealkylation sites (N-methyl/N-ethyl adjacent to an activating group) is 1. The number of nitrogens with zero attached hydrogens (tertiary/aromatic N) is 1. The highest BCUT2D eigenvalue weighted by Crippen LogP contribution is 2.48. The zero-order valence-corrected chi connectivity index (χ0v) is 50.3. The number of amides is 7. The van der Waals surface area contributed by atoms with Crippen LogP contribution in [0.1, 0.15) is 81.7 Å². The molecule has 7 aromatic carbocycles. The molecular weight excluding hydrogens is 1240 g/mol. The van der Waals surface area contributed by atoms with Crippen molar-refractivity contribution in [1.82, 2.24) is 47.4 Å². The third kappa shape index (κ3) is 12.8. The zero-order valence-electron chi connectivity index (χ0n) is 48.8. The van der Waals surface area contributed by atoms with Crippen LogP contribution in [0.15, 0.2) is 115 Å². The van der Waals surface area contributed by atoms with Crippen LogP contribution in [0.2, 0.25) is 10.0 Å². The van der Waals surface area contributed by atoms with Gasteiger partial charge in [-0.1, -0.05) is 53.5 Å². The molecule has 7 aromatic rings. The van der Waals surface area contributed by atoms with Crippen LogP contribution in [-0.2, 0) is 40.0 Å². The number of benzene rings is 7. The normalized spacial score (nSPS) is 21.3. The molecule has 17 bridgehead atoms. The van der Waals surface area contributed by atoms with E-state index in [-0.39, 0.29) is 85.5 Å². The predicted octanol–water partition coefficient (Wildman–Crippen LogP) is 5.23. The molecule has 0 saturated heterocycles. The number of hydrogen-bond donors (Lipinski definition) is 15. The topological polar surface area (TPSA) is 388 Å². The van der Waals surface area contributed by atoms with Gasteiger partial charge in [0.2, 0.25) is 47.1 Å². The van der Waals surface area contributed by atoms with Gasteiger partial charge in [0, 0.05) is 41.8 Å². The average molecular weight is 1300 g/mol. The first kappa shape index (κ1) is 63.1. The number of fused-ring (bicyclic) bond motifs is 14. The van der Waals surface area contributed by atoms with Gasteiger partial charge in [0.15, 0.2) is 23.0 Å². The lowest BCUT2D eigenvalue weighted by Crippen LogP contribution is -2.56. The van der Waals surface area contributed by atoms with Gasteiger partial charge in [-0.15, -0.1) is 0 Å². The largest absolute Gasteiger partial charge is 0.508 e. The average Bonchev–Trinajstić information content (AvgIpc) is 0.802. The molecule has 0 radical (unpaired) electrons. The van der Waals surface area contributed by atoms with E-state index < -0.39 is 141 Å². The predicted molar refractivity (Wildman–Crippen MR) is 328 cm³/mol. The Bertz CT molecular complexity index is 4170. The number of hydrogen-bond acceptors (Lipinski definition) is 19. The van der Waals surface area contributed by atoms with Crippen molar-refractivity contribution in [3.8, 4) is 80.1 Å². The number of halogens is 2. The van der Waals surface area contributed by atoms with Crippen molar-refractivity contribution in [2.75, 3.05) is 34.2 Å². The first-order valence-electron chi connectivity index (χ1n) is 28.6. The quantitative estimate of drug-likeness (QED) is 0.0948. The summed E-state index contributed by atoms with van der Waals surface area (Å²) in [6.45, 7) is 0.582. The first-order valence-corrected chi connectivity index (χ1v) is 29.3. The van der Waals surface area contributed by atoms with E-state index >= 15 is 24.0 Å². The number of phenols is 6. The molecule has 8 atom stereocenters. The monoisotopic (exact) mass is 1300 g/mol. The summed E-state index contributed by atoms with van der Waals surface area (Å²) >= 11 is 13.8. The second-order valence-electron chi connectivity index (χ2n) is 22.4. The van der Waals surface area contributed by atoms with Crippen molar-refractivity contribution in [2.24, 2.45) is 0 Å². The number of aromatic hydroxyl groups is 6. The highest BCUT2D eigenvalue weighted by atomic mass is 35.5. The minimum atomic E-state index is -2.16. The molecule has 476 valence electrons. The zero-order chi connectivity index (χ0) is 65.6. The molecule has 0 unspecified atom stereocenters. The molecule has 6 heterocycles. The van der Waals surface area contributed by atoms with Crippen LogP contribution in [0.3, 0.4) is 0 Å². The van der Waals surface area contributed by atoms with Crippen LogP contribution in [0.5, 0.6) is 69.0 Å². The fourth-order valence-corrected chi connectivity index (χ4v) is 11.6. The maximum Gasteiger partial charge on any atom is 0.248 e. The molecule has 26 nitrogen and oxygen atoms in total. The number of aliphatic hydroxyl groups is 1. The van der Waals surface area contributed by atoms with E-state index in [9.17, 15) is 45.3 Å². The standard InChI is InChI=1S/C64H59Cl2N9O17/c1-67-50-29-8-13-41(78)45(20-29)91-34-25-37(49(66)43(80)26-34)54-63(88)71-52-31-21-46(90-33-10-5-27(6-11-33)17-39(58(83)72-54)69-60(50)85)57(82)47(22-31)92-44-14-9-30(19-38(44)65)56(81)55-64(89)73-53(59(84)68-15-4-16-75(2)3)36-23-32(76)24-42(79)48(36)35-18-28(7-12-40(35)77)51(61(86)74-55)70-62(52)87/h5-14,18-26,39,50-56,67,76-82H,4,15-17H2,1-3H3,(H,68,84)(H,69,85)(H,70,87)(H,71,88)(H,72,83)(H,73,89)(H,74,86)/t39-,50-,51-,52-,53+,54+,55+,56-/m1/s1. The minimum absolute atomic E-state index is 0.0543. The molecule has 7 amide bonds. The number of phenolic OH excluding ortho intramolecular Hbond substituents is 6. The van der Waals surface area contributed by atoms with Crippen molar-refractivity contribution in [2.45, 2.75) is 61.2 Å². The maximum atomic E-state index is 15.9. The van der Waals surface area contributed by atoms with Crippen LogP contribution < -0.4 is 56.7 Å². The van der Waals surface area contributed by atoms with Gasteiger partial charge >= 0.3 is 0 Å². The molecule has 6 aliphatic rings. The molecule has 28 heteroatoms. The van der Waals surface area contributed by atoms with Crippen molar-refractivity contribution < 1.29 is 83.5 Å². The Kier molecular flexibility index (Phi) is 17.7. The Morgan fingerprint density at radius 1 is 0.565 bits per heavy atom. The molecule has 0 fully saturated rings. The van der Waals surface area contributed by atoms with Gasteiger partial charge < -0.3 is 97.4 Å². The van der Waals surface area contributed by atoms with Gasteiger partial charge in [0.25, 0.3) is 0 Å². The van der Waals surface area contributed by atoms with Gasteiger partial charge in [0.1, 0.15) is 88.6 Å². The summed E-state index contributed by atoms with van der Waals surface area (Å²) in [6.07, 6.45) is -1.91. The van der Waals surface area contributed by atoms with Crippen LogP contribution in [-0.4, -0.2) is 128 Å². The Morgan fingerprint density at radius 3 is 1.92 bits per heavy atom. The molecule has 15 N–H and O–H groups in total. The Hall–Kier alpha value is -10.5. The fraction of sp³-hybridized carbons (Fsp3) is 0.234. The summed E-state index contributed by atoms with van der Waals surface area (Å²) in [5, 5.41) is 102. The lowest BCUT2D eigenvalue weighted by Gasteiger charge is -2.31. The Balaban J connectivity index is 1.12. The molecule has 0 spiro atoms. The van der Waals surface area contributed by atoms with E-state index in [1.54, 1.807) is 12.1 Å². The number of nitrogens with one attached hydrogen (secondary N) is 8. The molecule has 0 aromatic heterocycles. The number of carbonyl (C=O) groups excluding carboxylic acids is 7. The summed E-state index contributed by atoms with van der Waals surface area (Å²) < 4.78 is 18.6. The van der Waals surface area contributed by atoms with E-state index in [1.165, 1.54) is 61.6 Å². The smallest absolute Gasteiger partial charge is 0.248 e. The minimum Gasteiger partial charge on any atom is -0.508 e. The van der Waals surface area contributed by atoms with Crippen molar-refractivity contribution in [3.05, 3.63) is 164 Å². The van der Waals surface area contributed by atoms with Crippen LogP contribution in [0.25, 0.3) is 11.1 Å². The van der Waals surface area contributed by atoms with Crippen molar-refractivity contribution in [3.63, 3.8) is 0 Å². The summed E-state index contributed by atoms with van der Waals surface area (Å²) in [5.41, 5.74) is -1.26. The van der Waals surface area contributed by atoms with Gasteiger partial charge in [-0.3, -0.25) is 33.6 Å². The molecule has 13 rings (SSSR count). The van der Waals surface area contributed by atoms with Gasteiger partial charge in [-0.05, 0) is 140 Å². The Morgan fingerprint density at radius 2 is 1.21 bits per heavy atom. The number of aliphatic hydroxyl groups excluding tert-OH is 1.